The monoisotopic (exact) mass is 501 g/mol. The zero-order valence-electron chi connectivity index (χ0n) is 20.0. The number of hydrazine groups is 1. The molecule has 0 unspecified atom stereocenters. The van der Waals surface area contributed by atoms with Crippen LogP contribution < -0.4 is 20.5 Å². The van der Waals surface area contributed by atoms with E-state index in [2.05, 4.69) is 10.4 Å². The van der Waals surface area contributed by atoms with Crippen molar-refractivity contribution in [1.29, 1.82) is 0 Å². The molecule has 8 heteroatoms. The summed E-state index contributed by atoms with van der Waals surface area (Å²) in [5.74, 6) is 0.991. The summed E-state index contributed by atoms with van der Waals surface area (Å²) in [6.07, 6.45) is 1.85. The van der Waals surface area contributed by atoms with Crippen LogP contribution >= 0.6 is 11.6 Å². The molecule has 0 spiro atoms. The molecule has 182 valence electrons. The minimum absolute atomic E-state index is 0.224. The number of aromatic nitrogens is 1. The summed E-state index contributed by atoms with van der Waals surface area (Å²) >= 11 is 6.36. The van der Waals surface area contributed by atoms with Crippen molar-refractivity contribution < 1.29 is 14.3 Å². The number of methoxy groups -OCH3 is 2. The van der Waals surface area contributed by atoms with Crippen LogP contribution in [0.5, 0.6) is 11.5 Å². The van der Waals surface area contributed by atoms with E-state index in [9.17, 15) is 9.59 Å². The zero-order valence-corrected chi connectivity index (χ0v) is 20.7. The first-order valence-electron chi connectivity index (χ1n) is 11.3. The first-order valence-corrected chi connectivity index (χ1v) is 11.7. The molecule has 0 bridgehead atoms. The van der Waals surface area contributed by atoms with Crippen LogP contribution in [0.1, 0.15) is 24.1 Å². The molecule has 1 aromatic heterocycles. The van der Waals surface area contributed by atoms with Crippen molar-refractivity contribution in [3.63, 3.8) is 0 Å². The molecule has 1 aliphatic rings. The van der Waals surface area contributed by atoms with E-state index in [1.807, 2.05) is 48.5 Å². The molecule has 0 radical (unpaired) electrons. The van der Waals surface area contributed by atoms with Gasteiger partial charge in [0, 0.05) is 34.0 Å². The Bertz CT molecular complexity index is 1560. The molecule has 2 heterocycles. The number of nitrogens with one attached hydrogen (secondary N) is 2. The van der Waals surface area contributed by atoms with Gasteiger partial charge in [-0.3, -0.25) is 15.0 Å². The third kappa shape index (κ3) is 4.07. The van der Waals surface area contributed by atoms with Gasteiger partial charge in [-0.05, 0) is 48.0 Å². The van der Waals surface area contributed by atoms with Gasteiger partial charge < -0.3 is 14.5 Å². The van der Waals surface area contributed by atoms with E-state index in [0.717, 1.165) is 22.1 Å². The van der Waals surface area contributed by atoms with Gasteiger partial charge in [-0.2, -0.15) is 0 Å². The molecule has 0 saturated carbocycles. The van der Waals surface area contributed by atoms with Crippen LogP contribution in [0.4, 0.5) is 0 Å². The lowest BCUT2D eigenvalue weighted by Crippen LogP contribution is -2.38. The molecule has 3 aromatic carbocycles. The molecule has 0 fully saturated rings. The first kappa shape index (κ1) is 23.5. The maximum atomic E-state index is 13.5. The maximum Gasteiger partial charge on any atom is 0.258 e. The second kappa shape index (κ2) is 9.43. The Kier molecular flexibility index (Phi) is 6.16. The lowest BCUT2D eigenvalue weighted by Gasteiger charge is -2.25. The highest BCUT2D eigenvalue weighted by Gasteiger charge is 2.33. The summed E-state index contributed by atoms with van der Waals surface area (Å²) in [6.45, 7) is 1.46. The van der Waals surface area contributed by atoms with Gasteiger partial charge in [0.1, 0.15) is 17.5 Å². The number of rotatable bonds is 5. The number of carbonyl (C=O) groups is 1. The first-order chi connectivity index (χ1) is 17.4. The van der Waals surface area contributed by atoms with Gasteiger partial charge in [-0.15, -0.1) is 0 Å². The van der Waals surface area contributed by atoms with Crippen molar-refractivity contribution in [2.45, 2.75) is 13.0 Å². The molecule has 36 heavy (non-hydrogen) atoms. The minimum atomic E-state index is -0.541. The number of amides is 1. The SMILES string of the molecule is COc1ccc(OC)c([C@H]2C=C(c3c(-c4ccccc4)c4cc(Cl)ccc4[nH]c3=O)NN2C(C)=O)c1. The van der Waals surface area contributed by atoms with Crippen LogP contribution in [0.15, 0.2) is 77.6 Å². The summed E-state index contributed by atoms with van der Waals surface area (Å²) in [7, 11) is 3.15. The van der Waals surface area contributed by atoms with Crippen LogP contribution in [0.25, 0.3) is 27.7 Å². The highest BCUT2D eigenvalue weighted by molar-refractivity contribution is 6.31. The molecule has 1 aliphatic heterocycles. The fourth-order valence-corrected chi connectivity index (χ4v) is 4.78. The average molecular weight is 502 g/mol. The zero-order chi connectivity index (χ0) is 25.4. The fourth-order valence-electron chi connectivity index (χ4n) is 4.61. The number of nitrogens with zero attached hydrogens (tertiary/aromatic N) is 1. The van der Waals surface area contributed by atoms with Crippen LogP contribution in [-0.4, -0.2) is 30.1 Å². The van der Waals surface area contributed by atoms with Crippen molar-refractivity contribution in [1.82, 2.24) is 15.4 Å². The van der Waals surface area contributed by atoms with Crippen molar-refractivity contribution in [2.24, 2.45) is 0 Å². The van der Waals surface area contributed by atoms with Crippen molar-refractivity contribution >= 4 is 34.1 Å². The maximum absolute atomic E-state index is 13.5. The third-order valence-corrected chi connectivity index (χ3v) is 6.48. The molecule has 4 aromatic rings. The van der Waals surface area contributed by atoms with Crippen LogP contribution in [0.3, 0.4) is 0 Å². The topological polar surface area (TPSA) is 83.7 Å². The van der Waals surface area contributed by atoms with Crippen molar-refractivity contribution in [2.75, 3.05) is 14.2 Å². The smallest absolute Gasteiger partial charge is 0.258 e. The molecular formula is C28H24ClN3O4. The molecule has 5 rings (SSSR count). The molecule has 0 aliphatic carbocycles. The second-order valence-electron chi connectivity index (χ2n) is 8.39. The number of benzene rings is 3. The Morgan fingerprint density at radius 3 is 2.44 bits per heavy atom. The summed E-state index contributed by atoms with van der Waals surface area (Å²) in [4.78, 5) is 29.2. The predicted octanol–water partition coefficient (Wildman–Crippen LogP) is 5.31. The molecule has 7 nitrogen and oxygen atoms in total. The normalized spacial score (nSPS) is 14.9. The molecule has 1 atom stereocenters. The van der Waals surface area contributed by atoms with E-state index in [-0.39, 0.29) is 11.5 Å². The van der Waals surface area contributed by atoms with E-state index in [0.29, 0.717) is 33.3 Å². The van der Waals surface area contributed by atoms with Gasteiger partial charge in [0.25, 0.3) is 5.56 Å². The van der Waals surface area contributed by atoms with E-state index < -0.39 is 6.04 Å². The lowest BCUT2D eigenvalue weighted by atomic mass is 9.94. The van der Waals surface area contributed by atoms with E-state index in [1.165, 1.54) is 11.9 Å². The van der Waals surface area contributed by atoms with Crippen LogP contribution in [0, 0.1) is 0 Å². The molecule has 2 N–H and O–H groups in total. The fraction of sp³-hybridized carbons (Fsp3) is 0.143. The second-order valence-corrected chi connectivity index (χ2v) is 8.83. The molecular weight excluding hydrogens is 478 g/mol. The Labute approximate surface area is 212 Å². The lowest BCUT2D eigenvalue weighted by molar-refractivity contribution is -0.132. The van der Waals surface area contributed by atoms with E-state index >= 15 is 0 Å². The number of hydrogen-bond donors (Lipinski definition) is 2. The van der Waals surface area contributed by atoms with Gasteiger partial charge in [0.15, 0.2) is 0 Å². The molecule has 0 saturated heterocycles. The van der Waals surface area contributed by atoms with Crippen molar-refractivity contribution in [3.8, 4) is 22.6 Å². The Balaban J connectivity index is 1.78. The van der Waals surface area contributed by atoms with Crippen molar-refractivity contribution in [3.05, 3.63) is 99.3 Å². The number of halogens is 1. The summed E-state index contributed by atoms with van der Waals surface area (Å²) in [5, 5.41) is 2.82. The highest BCUT2D eigenvalue weighted by atomic mass is 35.5. The number of ether oxygens (including phenoxy) is 2. The Hall–Kier alpha value is -4.23. The summed E-state index contributed by atoms with van der Waals surface area (Å²) in [5.41, 5.74) is 6.75. The van der Waals surface area contributed by atoms with Gasteiger partial charge in [0.05, 0.1) is 25.5 Å². The van der Waals surface area contributed by atoms with Gasteiger partial charge in [0.2, 0.25) is 5.91 Å². The number of H-pyrrole nitrogens is 1. The average Bonchev–Trinajstić information content (AvgIpc) is 3.33. The van der Waals surface area contributed by atoms with Gasteiger partial charge in [-0.25, -0.2) is 5.01 Å². The standard InChI is InChI=1S/C28H24ClN3O4/c1-16(33)32-24(21-14-19(35-2)10-12-25(21)36-3)15-23(31-32)27-26(17-7-5-4-6-8-17)20-13-18(29)9-11-22(20)30-28(27)34/h4-15,24,31H,1-3H3,(H,30,34)/t24-/m1/s1. The minimum Gasteiger partial charge on any atom is -0.497 e. The largest absolute Gasteiger partial charge is 0.497 e. The number of carbonyl (C=O) groups excluding carboxylic acids is 1. The summed E-state index contributed by atoms with van der Waals surface area (Å²) in [6, 6.07) is 19.9. The Morgan fingerprint density at radius 2 is 1.75 bits per heavy atom. The number of pyridine rings is 1. The number of fused-ring (bicyclic) bond motifs is 1. The quantitative estimate of drug-likeness (QED) is 0.387. The summed E-state index contributed by atoms with van der Waals surface area (Å²) < 4.78 is 11.0. The molecule has 1 amide bonds. The highest BCUT2D eigenvalue weighted by Crippen LogP contribution is 2.40. The van der Waals surface area contributed by atoms with Gasteiger partial charge >= 0.3 is 0 Å². The van der Waals surface area contributed by atoms with E-state index in [1.54, 1.807) is 38.5 Å². The van der Waals surface area contributed by atoms with Crippen LogP contribution in [-0.2, 0) is 4.79 Å². The number of hydrogen-bond acceptors (Lipinski definition) is 5. The Morgan fingerprint density at radius 1 is 0.972 bits per heavy atom. The predicted molar refractivity (Wildman–Crippen MR) is 141 cm³/mol. The van der Waals surface area contributed by atoms with Crippen LogP contribution in [0.2, 0.25) is 5.02 Å². The third-order valence-electron chi connectivity index (χ3n) is 6.25. The number of aromatic amines is 1. The van der Waals surface area contributed by atoms with E-state index in [4.69, 9.17) is 21.1 Å². The van der Waals surface area contributed by atoms with Gasteiger partial charge in [-0.1, -0.05) is 41.9 Å².